The lowest BCUT2D eigenvalue weighted by Gasteiger charge is -1.92. The van der Waals surface area contributed by atoms with Gasteiger partial charge in [0.2, 0.25) is 0 Å². The van der Waals surface area contributed by atoms with Crippen LogP contribution in [0.25, 0.3) is 0 Å². The first-order valence-electron chi connectivity index (χ1n) is 4.57. The molecule has 0 saturated carbocycles. The Hall–Kier alpha value is -1.79. The van der Waals surface area contributed by atoms with E-state index in [2.05, 4.69) is 16.8 Å². The Kier molecular flexibility index (Phi) is 3.01. The second-order valence-corrected chi connectivity index (χ2v) is 4.01. The molecular formula is C12H10N2S. The molecule has 0 unspecified atom stereocenters. The van der Waals surface area contributed by atoms with Crippen LogP contribution in [-0.2, 0) is 6.42 Å². The summed E-state index contributed by atoms with van der Waals surface area (Å²) in [5, 5.41) is 3.00. The minimum absolute atomic E-state index is 0.701. The van der Waals surface area contributed by atoms with Gasteiger partial charge >= 0.3 is 0 Å². The van der Waals surface area contributed by atoms with Gasteiger partial charge in [-0.1, -0.05) is 17.9 Å². The molecule has 0 fully saturated rings. The van der Waals surface area contributed by atoms with E-state index in [9.17, 15) is 0 Å². The van der Waals surface area contributed by atoms with Crippen LogP contribution in [0.15, 0.2) is 35.8 Å². The van der Waals surface area contributed by atoms with Crippen LogP contribution in [0.1, 0.15) is 10.6 Å². The van der Waals surface area contributed by atoms with Crippen molar-refractivity contribution in [3.8, 4) is 11.8 Å². The number of rotatable bonds is 1. The Labute approximate surface area is 92.8 Å². The maximum absolute atomic E-state index is 5.65. The predicted molar refractivity (Wildman–Crippen MR) is 63.6 cm³/mol. The molecule has 0 atom stereocenters. The summed E-state index contributed by atoms with van der Waals surface area (Å²) < 4.78 is 0. The van der Waals surface area contributed by atoms with Gasteiger partial charge in [0, 0.05) is 22.8 Å². The predicted octanol–water partition coefficient (Wildman–Crippen LogP) is 2.32. The number of aromatic nitrogens is 1. The Morgan fingerprint density at radius 2 is 2.33 bits per heavy atom. The fourth-order valence-electron chi connectivity index (χ4n) is 1.18. The third-order valence-corrected chi connectivity index (χ3v) is 2.62. The molecule has 0 spiro atoms. The van der Waals surface area contributed by atoms with Crippen molar-refractivity contribution in [2.75, 3.05) is 5.73 Å². The zero-order valence-corrected chi connectivity index (χ0v) is 8.92. The normalized spacial score (nSPS) is 9.33. The van der Waals surface area contributed by atoms with Gasteiger partial charge in [0.05, 0.1) is 6.42 Å². The van der Waals surface area contributed by atoms with E-state index >= 15 is 0 Å². The van der Waals surface area contributed by atoms with E-state index in [-0.39, 0.29) is 0 Å². The molecule has 15 heavy (non-hydrogen) atoms. The van der Waals surface area contributed by atoms with Crippen LogP contribution >= 0.6 is 11.3 Å². The van der Waals surface area contributed by atoms with Crippen LogP contribution in [0.5, 0.6) is 0 Å². The Bertz CT molecular complexity index is 492. The molecule has 2 aromatic rings. The third kappa shape index (κ3) is 2.83. The van der Waals surface area contributed by atoms with Crippen LogP contribution in [0.4, 0.5) is 5.69 Å². The monoisotopic (exact) mass is 214 g/mol. The molecule has 2 rings (SSSR count). The van der Waals surface area contributed by atoms with Gasteiger partial charge in [-0.05, 0) is 18.2 Å². The summed E-state index contributed by atoms with van der Waals surface area (Å²) in [6, 6.07) is 7.58. The van der Waals surface area contributed by atoms with Gasteiger partial charge in [-0.3, -0.25) is 0 Å². The molecule has 1 aromatic carbocycles. The number of nitrogens with two attached hydrogens (primary N) is 1. The standard InChI is InChI=1S/C12H10N2S/c13-11-5-1-3-10(9-11)4-2-6-12-14-7-8-15-12/h1,3,5,7-9H,6,13H2. The highest BCUT2D eigenvalue weighted by Crippen LogP contribution is 2.06. The van der Waals surface area contributed by atoms with E-state index in [0.717, 1.165) is 16.3 Å². The molecule has 2 nitrogen and oxygen atoms in total. The average molecular weight is 214 g/mol. The van der Waals surface area contributed by atoms with Gasteiger partial charge in [-0.25, -0.2) is 4.98 Å². The smallest absolute Gasteiger partial charge is 0.104 e. The first kappa shape index (κ1) is 9.75. The molecule has 0 amide bonds. The Morgan fingerprint density at radius 1 is 1.40 bits per heavy atom. The molecule has 2 N–H and O–H groups in total. The van der Waals surface area contributed by atoms with Crippen molar-refractivity contribution >= 4 is 17.0 Å². The first-order chi connectivity index (χ1) is 7.34. The number of anilines is 1. The molecule has 0 bridgehead atoms. The third-order valence-electron chi connectivity index (χ3n) is 1.84. The van der Waals surface area contributed by atoms with Crippen molar-refractivity contribution in [2.45, 2.75) is 6.42 Å². The van der Waals surface area contributed by atoms with Crippen LogP contribution in [-0.4, -0.2) is 4.98 Å². The molecule has 0 radical (unpaired) electrons. The molecule has 1 aromatic heterocycles. The van der Waals surface area contributed by atoms with Crippen molar-refractivity contribution in [3.63, 3.8) is 0 Å². The molecule has 1 heterocycles. The number of benzene rings is 1. The quantitative estimate of drug-likeness (QED) is 0.584. The summed E-state index contributed by atoms with van der Waals surface area (Å²) >= 11 is 1.62. The fraction of sp³-hybridized carbons (Fsp3) is 0.0833. The summed E-state index contributed by atoms with van der Waals surface area (Å²) in [5.41, 5.74) is 7.34. The first-order valence-corrected chi connectivity index (χ1v) is 5.45. The molecule has 0 saturated heterocycles. The average Bonchev–Trinajstić information content (AvgIpc) is 2.71. The second-order valence-electron chi connectivity index (χ2n) is 3.03. The Morgan fingerprint density at radius 3 is 3.07 bits per heavy atom. The van der Waals surface area contributed by atoms with Crippen LogP contribution in [0.3, 0.4) is 0 Å². The fourth-order valence-corrected chi connectivity index (χ4v) is 1.73. The van der Waals surface area contributed by atoms with E-state index in [1.807, 2.05) is 29.6 Å². The van der Waals surface area contributed by atoms with Gasteiger partial charge in [-0.15, -0.1) is 11.3 Å². The number of hydrogen-bond acceptors (Lipinski definition) is 3. The maximum Gasteiger partial charge on any atom is 0.104 e. The molecule has 0 aliphatic heterocycles. The summed E-state index contributed by atoms with van der Waals surface area (Å²) in [6.07, 6.45) is 2.49. The Balaban J connectivity index is 2.06. The summed E-state index contributed by atoms with van der Waals surface area (Å²) in [7, 11) is 0. The SMILES string of the molecule is Nc1cccc(C#CCc2nccs2)c1. The van der Waals surface area contributed by atoms with Crippen LogP contribution in [0, 0.1) is 11.8 Å². The largest absolute Gasteiger partial charge is 0.399 e. The zero-order chi connectivity index (χ0) is 10.5. The molecule has 0 aliphatic carbocycles. The van der Waals surface area contributed by atoms with Gasteiger partial charge in [0.15, 0.2) is 0 Å². The highest BCUT2D eigenvalue weighted by Gasteiger charge is 1.90. The lowest BCUT2D eigenvalue weighted by Crippen LogP contribution is -1.84. The topological polar surface area (TPSA) is 38.9 Å². The van der Waals surface area contributed by atoms with Gasteiger partial charge in [0.1, 0.15) is 5.01 Å². The van der Waals surface area contributed by atoms with Gasteiger partial charge < -0.3 is 5.73 Å². The molecule has 74 valence electrons. The minimum Gasteiger partial charge on any atom is -0.399 e. The van der Waals surface area contributed by atoms with Gasteiger partial charge in [0.25, 0.3) is 0 Å². The van der Waals surface area contributed by atoms with E-state index in [1.54, 1.807) is 17.5 Å². The molecular weight excluding hydrogens is 204 g/mol. The zero-order valence-electron chi connectivity index (χ0n) is 8.10. The summed E-state index contributed by atoms with van der Waals surface area (Å²) in [4.78, 5) is 4.16. The number of hydrogen-bond donors (Lipinski definition) is 1. The van der Waals surface area contributed by atoms with Crippen LogP contribution in [0.2, 0.25) is 0 Å². The maximum atomic E-state index is 5.65. The number of nitrogens with zero attached hydrogens (tertiary/aromatic N) is 1. The van der Waals surface area contributed by atoms with Crippen molar-refractivity contribution in [1.82, 2.24) is 4.98 Å². The van der Waals surface area contributed by atoms with Crippen molar-refractivity contribution in [2.24, 2.45) is 0 Å². The summed E-state index contributed by atoms with van der Waals surface area (Å²) in [5.74, 6) is 6.13. The lowest BCUT2D eigenvalue weighted by atomic mass is 10.2. The highest BCUT2D eigenvalue weighted by molar-refractivity contribution is 7.09. The number of nitrogen functional groups attached to an aromatic ring is 1. The second kappa shape index (κ2) is 4.63. The summed E-state index contributed by atoms with van der Waals surface area (Å²) in [6.45, 7) is 0. The van der Waals surface area contributed by atoms with Crippen molar-refractivity contribution in [1.29, 1.82) is 0 Å². The minimum atomic E-state index is 0.701. The molecule has 3 heteroatoms. The van der Waals surface area contributed by atoms with E-state index in [0.29, 0.717) is 6.42 Å². The van der Waals surface area contributed by atoms with Crippen LogP contribution < -0.4 is 5.73 Å². The van der Waals surface area contributed by atoms with E-state index in [1.165, 1.54) is 0 Å². The van der Waals surface area contributed by atoms with Crippen molar-refractivity contribution in [3.05, 3.63) is 46.4 Å². The highest BCUT2D eigenvalue weighted by atomic mass is 32.1. The lowest BCUT2D eigenvalue weighted by molar-refractivity contribution is 1.22. The molecule has 0 aliphatic rings. The van der Waals surface area contributed by atoms with E-state index < -0.39 is 0 Å². The van der Waals surface area contributed by atoms with Gasteiger partial charge in [-0.2, -0.15) is 0 Å². The number of thiazole rings is 1. The van der Waals surface area contributed by atoms with Crippen molar-refractivity contribution < 1.29 is 0 Å². The van der Waals surface area contributed by atoms with E-state index in [4.69, 9.17) is 5.73 Å².